The zero-order valence-electron chi connectivity index (χ0n) is 47.2. The molecule has 0 spiro atoms. The van der Waals surface area contributed by atoms with Crippen LogP contribution in [-0.4, -0.2) is 95.4 Å². The normalized spacial score (nSPS) is 19.2. The Labute approximate surface area is 449 Å². The number of aliphatic hydroxyl groups excluding tert-OH is 4. The molecule has 0 aromatic heterocycles. The fraction of sp³-hybridized carbons (Fsp3) is 0.950. The molecule has 12 nitrogen and oxygen atoms in total. The van der Waals surface area contributed by atoms with Crippen molar-refractivity contribution in [2.75, 3.05) is 13.2 Å². The summed E-state index contributed by atoms with van der Waals surface area (Å²) in [4.78, 5) is 13.1. The third-order valence-corrected chi connectivity index (χ3v) is 15.5. The summed E-state index contributed by atoms with van der Waals surface area (Å²) in [6.45, 7) is 3.41. The van der Waals surface area contributed by atoms with Gasteiger partial charge in [0.15, 0.2) is 6.29 Å². The first-order chi connectivity index (χ1) is 35.5. The lowest BCUT2D eigenvalue weighted by molar-refractivity contribution is -0.298. The summed E-state index contributed by atoms with van der Waals surface area (Å²) in [5.41, 5.74) is 0. The molecule has 73 heavy (non-hydrogen) atoms. The minimum absolute atomic E-state index is 0.257. The first-order valence-electron chi connectivity index (χ1n) is 31.1. The summed E-state index contributed by atoms with van der Waals surface area (Å²) < 4.78 is 47.7. The Morgan fingerprint density at radius 2 is 0.863 bits per heavy atom. The maximum Gasteiger partial charge on any atom is 0.397 e. The van der Waals surface area contributed by atoms with Crippen molar-refractivity contribution in [2.24, 2.45) is 0 Å². The molecule has 0 bridgehead atoms. The molecular weight excluding hydrogens is 943 g/mol. The first-order valence-corrected chi connectivity index (χ1v) is 32.4. The first kappa shape index (κ1) is 69.9. The lowest BCUT2D eigenvalue weighted by Gasteiger charge is -2.41. The van der Waals surface area contributed by atoms with E-state index in [1.807, 2.05) is 6.08 Å². The van der Waals surface area contributed by atoms with E-state index < -0.39 is 59.9 Å². The molecule has 7 atom stereocenters. The van der Waals surface area contributed by atoms with Crippen LogP contribution in [0.15, 0.2) is 12.2 Å². The maximum atomic E-state index is 13.1. The van der Waals surface area contributed by atoms with Crippen molar-refractivity contribution in [2.45, 2.75) is 352 Å². The van der Waals surface area contributed by atoms with Gasteiger partial charge in [-0.1, -0.05) is 296 Å². The van der Waals surface area contributed by atoms with E-state index in [9.17, 15) is 38.2 Å². The van der Waals surface area contributed by atoms with Crippen molar-refractivity contribution >= 4 is 16.3 Å². The third kappa shape index (κ3) is 42.5. The van der Waals surface area contributed by atoms with E-state index in [2.05, 4.69) is 23.3 Å². The van der Waals surface area contributed by atoms with Gasteiger partial charge < -0.3 is 35.2 Å². The highest BCUT2D eigenvalue weighted by Gasteiger charge is 2.48. The minimum Gasteiger partial charge on any atom is -0.394 e. The Morgan fingerprint density at radius 3 is 1.19 bits per heavy atom. The van der Waals surface area contributed by atoms with Gasteiger partial charge in [0.1, 0.15) is 24.4 Å². The molecule has 13 heteroatoms. The van der Waals surface area contributed by atoms with Crippen LogP contribution >= 0.6 is 0 Å². The molecule has 1 rings (SSSR count). The number of carbonyl (C=O) groups is 1. The van der Waals surface area contributed by atoms with Gasteiger partial charge in [-0.05, 0) is 19.3 Å². The highest BCUT2D eigenvalue weighted by molar-refractivity contribution is 7.80. The number of rotatable bonds is 55. The van der Waals surface area contributed by atoms with E-state index in [1.54, 1.807) is 6.08 Å². The Morgan fingerprint density at radius 1 is 0.534 bits per heavy atom. The van der Waals surface area contributed by atoms with Crippen molar-refractivity contribution in [3.8, 4) is 0 Å². The van der Waals surface area contributed by atoms with E-state index in [0.29, 0.717) is 6.42 Å². The van der Waals surface area contributed by atoms with E-state index >= 15 is 0 Å². The topological polar surface area (TPSA) is 192 Å². The summed E-state index contributed by atoms with van der Waals surface area (Å²) >= 11 is 0. The molecule has 1 saturated heterocycles. The lowest BCUT2D eigenvalue weighted by Crippen LogP contribution is -2.61. The molecule has 0 aromatic carbocycles. The Kier molecular flexibility index (Phi) is 48.2. The largest absolute Gasteiger partial charge is 0.397 e. The quantitative estimate of drug-likeness (QED) is 0.0193. The third-order valence-electron chi connectivity index (χ3n) is 15.1. The van der Waals surface area contributed by atoms with Crippen LogP contribution in [0, 0.1) is 0 Å². The van der Waals surface area contributed by atoms with Crippen molar-refractivity contribution in [3.05, 3.63) is 12.2 Å². The number of unbranched alkanes of at least 4 members (excludes halogenated alkanes) is 43. The van der Waals surface area contributed by atoms with Gasteiger partial charge in [0, 0.05) is 6.42 Å². The van der Waals surface area contributed by atoms with Crippen LogP contribution in [0.3, 0.4) is 0 Å². The molecule has 0 aliphatic carbocycles. The molecule has 6 N–H and O–H groups in total. The number of allylic oxidation sites excluding steroid dienone is 1. The molecular formula is C60H117NO11S. The van der Waals surface area contributed by atoms with Crippen molar-refractivity contribution in [1.29, 1.82) is 0 Å². The molecule has 1 aliphatic heterocycles. The van der Waals surface area contributed by atoms with Gasteiger partial charge in [-0.2, -0.15) is 8.42 Å². The van der Waals surface area contributed by atoms with Crippen LogP contribution in [0.1, 0.15) is 309 Å². The zero-order chi connectivity index (χ0) is 53.3. The van der Waals surface area contributed by atoms with Crippen molar-refractivity contribution in [1.82, 2.24) is 5.32 Å². The number of hydrogen-bond acceptors (Lipinski definition) is 10. The number of hydrogen-bond donors (Lipinski definition) is 6. The smallest absolute Gasteiger partial charge is 0.394 e. The summed E-state index contributed by atoms with van der Waals surface area (Å²) in [7, 11) is -5.08. The monoisotopic (exact) mass is 1060 g/mol. The standard InChI is InChI=1S/C60H117NO11S/c1-3-5-7-9-11-13-15-16-17-18-19-20-21-22-23-24-25-26-27-28-29-30-31-32-33-34-35-36-37-38-40-42-44-46-48-50-56(64)61-53(54(63)49-47-45-43-41-39-14-12-10-8-6-4-2)52-70-60-58(66)59(72-73(67,68)69)57(65)55(51-62)71-60/h47,49,53-55,57-60,62-63,65-66H,3-46,48,50-52H2,1-2H3,(H,61,64)(H,67,68,69)/b49-47+. The summed E-state index contributed by atoms with van der Waals surface area (Å²) in [6, 6.07) is -0.939. The van der Waals surface area contributed by atoms with Gasteiger partial charge in [0.05, 0.1) is 25.4 Å². The Bertz CT molecular complexity index is 1340. The molecule has 434 valence electrons. The zero-order valence-corrected chi connectivity index (χ0v) is 48.0. The second kappa shape index (κ2) is 50.4. The minimum atomic E-state index is -5.08. The summed E-state index contributed by atoms with van der Waals surface area (Å²) in [5.74, 6) is -0.257. The lowest BCUT2D eigenvalue weighted by atomic mass is 9.99. The average Bonchev–Trinajstić information content (AvgIpc) is 3.37. The van der Waals surface area contributed by atoms with Crippen LogP contribution in [0.4, 0.5) is 0 Å². The predicted octanol–water partition coefficient (Wildman–Crippen LogP) is 15.0. The number of carbonyl (C=O) groups excluding carboxylic acids is 1. The van der Waals surface area contributed by atoms with Crippen molar-refractivity contribution < 1.29 is 51.8 Å². The Hall–Kier alpha value is -1.16. The molecule has 1 amide bonds. The van der Waals surface area contributed by atoms with Gasteiger partial charge in [-0.25, -0.2) is 4.18 Å². The fourth-order valence-electron chi connectivity index (χ4n) is 10.3. The Balaban J connectivity index is 2.14. The van der Waals surface area contributed by atoms with Gasteiger partial charge in [0.25, 0.3) is 0 Å². The van der Waals surface area contributed by atoms with Crippen LogP contribution in [-0.2, 0) is 28.9 Å². The maximum absolute atomic E-state index is 13.1. The second-order valence-electron chi connectivity index (χ2n) is 22.0. The molecule has 1 heterocycles. The van der Waals surface area contributed by atoms with Crippen molar-refractivity contribution in [3.63, 3.8) is 0 Å². The van der Waals surface area contributed by atoms with Crippen LogP contribution in [0.2, 0.25) is 0 Å². The fourth-order valence-corrected chi connectivity index (χ4v) is 10.8. The summed E-state index contributed by atoms with van der Waals surface area (Å²) in [5, 5.41) is 44.8. The van der Waals surface area contributed by atoms with Gasteiger partial charge in [-0.15, -0.1) is 0 Å². The number of amides is 1. The van der Waals surface area contributed by atoms with Crippen LogP contribution in [0.5, 0.6) is 0 Å². The van der Waals surface area contributed by atoms with E-state index in [0.717, 1.165) is 38.5 Å². The highest BCUT2D eigenvalue weighted by Crippen LogP contribution is 2.26. The second-order valence-corrected chi connectivity index (χ2v) is 23.1. The van der Waals surface area contributed by atoms with Gasteiger partial charge in [0.2, 0.25) is 5.91 Å². The van der Waals surface area contributed by atoms with Gasteiger partial charge >= 0.3 is 10.4 Å². The summed E-state index contributed by atoms with van der Waals surface area (Å²) in [6.07, 6.45) is 53.1. The molecule has 7 unspecified atom stereocenters. The molecule has 1 fully saturated rings. The van der Waals surface area contributed by atoms with Gasteiger partial charge in [-0.3, -0.25) is 9.35 Å². The highest BCUT2D eigenvalue weighted by atomic mass is 32.3. The van der Waals surface area contributed by atoms with Crippen LogP contribution < -0.4 is 5.32 Å². The molecule has 1 aliphatic rings. The van der Waals surface area contributed by atoms with E-state index in [-0.39, 0.29) is 18.9 Å². The molecule has 0 radical (unpaired) electrons. The predicted molar refractivity (Wildman–Crippen MR) is 301 cm³/mol. The molecule has 0 saturated carbocycles. The van der Waals surface area contributed by atoms with E-state index in [1.165, 1.54) is 244 Å². The SMILES string of the molecule is CCCCCCCCCCC/C=C/C(O)C(COC1OC(CO)C(O)C(OS(=O)(=O)O)C1O)NC(=O)CCCCCCCCCCCCCCCCCCCCCCCCCCCCCCCCCCCCC. The number of nitrogens with one attached hydrogen (secondary N) is 1. The molecule has 0 aromatic rings. The van der Waals surface area contributed by atoms with E-state index in [4.69, 9.17) is 9.47 Å². The average molecular weight is 1060 g/mol. The number of ether oxygens (including phenoxy) is 2. The number of aliphatic hydroxyl groups is 4. The van der Waals surface area contributed by atoms with Crippen LogP contribution in [0.25, 0.3) is 0 Å².